The van der Waals surface area contributed by atoms with Gasteiger partial charge in [-0.1, -0.05) is 58.4 Å². The van der Waals surface area contributed by atoms with E-state index in [2.05, 4.69) is 56.1 Å². The normalized spacial score (nSPS) is 11.2. The minimum absolute atomic E-state index is 0.0275. The Balaban J connectivity index is 1.70. The molecule has 7 heteroatoms. The first-order valence-corrected chi connectivity index (χ1v) is 11.5. The summed E-state index contributed by atoms with van der Waals surface area (Å²) in [5, 5.41) is 22.9. The summed E-state index contributed by atoms with van der Waals surface area (Å²) in [6.45, 7) is 0.349. The SMILES string of the molecule is N#C/C(=C\c1cc(Br)cc(Br)c1OCc1cccc2ccccc12)c1ccc([N+](=O)[O-])cc1. The van der Waals surface area contributed by atoms with Crippen molar-refractivity contribution >= 4 is 60.0 Å². The van der Waals surface area contributed by atoms with Gasteiger partial charge in [-0.25, -0.2) is 0 Å². The summed E-state index contributed by atoms with van der Waals surface area (Å²) < 4.78 is 7.80. The first-order chi connectivity index (χ1) is 16.0. The molecule has 4 rings (SSSR count). The molecule has 0 amide bonds. The quantitative estimate of drug-likeness (QED) is 0.103. The number of nitro benzene ring substituents is 1. The van der Waals surface area contributed by atoms with Gasteiger partial charge in [0.25, 0.3) is 5.69 Å². The van der Waals surface area contributed by atoms with Crippen LogP contribution in [0.15, 0.2) is 87.8 Å². The summed E-state index contributed by atoms with van der Waals surface area (Å²) in [6, 6.07) is 26.1. The van der Waals surface area contributed by atoms with Gasteiger partial charge in [0, 0.05) is 22.2 Å². The Hall–Kier alpha value is -3.47. The molecule has 0 N–H and O–H groups in total. The van der Waals surface area contributed by atoms with E-state index < -0.39 is 4.92 Å². The summed E-state index contributed by atoms with van der Waals surface area (Å²) in [5.74, 6) is 0.598. The van der Waals surface area contributed by atoms with Crippen molar-refractivity contribution in [3.8, 4) is 11.8 Å². The highest BCUT2D eigenvalue weighted by Crippen LogP contribution is 2.36. The molecule has 0 bridgehead atoms. The average molecular weight is 564 g/mol. The van der Waals surface area contributed by atoms with Crippen LogP contribution in [-0.4, -0.2) is 4.92 Å². The Kier molecular flexibility index (Phi) is 6.87. The molecular formula is C26H16Br2N2O3. The molecule has 0 radical (unpaired) electrons. The van der Waals surface area contributed by atoms with E-state index in [1.165, 1.54) is 12.1 Å². The number of fused-ring (bicyclic) bond motifs is 1. The van der Waals surface area contributed by atoms with Gasteiger partial charge in [0.2, 0.25) is 0 Å². The lowest BCUT2D eigenvalue weighted by molar-refractivity contribution is -0.384. The summed E-state index contributed by atoms with van der Waals surface area (Å²) in [5.41, 5.74) is 2.67. The third-order valence-electron chi connectivity index (χ3n) is 5.10. The zero-order valence-corrected chi connectivity index (χ0v) is 20.3. The van der Waals surface area contributed by atoms with Gasteiger partial charge < -0.3 is 4.74 Å². The van der Waals surface area contributed by atoms with Crippen LogP contribution in [0.4, 0.5) is 5.69 Å². The number of nitriles is 1. The third kappa shape index (κ3) is 5.14. The summed E-state index contributed by atoms with van der Waals surface area (Å²) >= 11 is 7.07. The summed E-state index contributed by atoms with van der Waals surface area (Å²) in [4.78, 5) is 10.5. The molecule has 162 valence electrons. The van der Waals surface area contributed by atoms with E-state index in [4.69, 9.17) is 4.74 Å². The van der Waals surface area contributed by atoms with E-state index >= 15 is 0 Å². The Morgan fingerprint density at radius 1 is 1.03 bits per heavy atom. The third-order valence-corrected chi connectivity index (χ3v) is 6.15. The van der Waals surface area contributed by atoms with Crippen LogP contribution in [0, 0.1) is 21.4 Å². The smallest absolute Gasteiger partial charge is 0.269 e. The van der Waals surface area contributed by atoms with Crippen LogP contribution in [0.1, 0.15) is 16.7 Å². The summed E-state index contributed by atoms with van der Waals surface area (Å²) in [6.07, 6.45) is 1.72. The van der Waals surface area contributed by atoms with E-state index in [1.54, 1.807) is 18.2 Å². The minimum atomic E-state index is -0.468. The Labute approximate surface area is 207 Å². The summed E-state index contributed by atoms with van der Waals surface area (Å²) in [7, 11) is 0. The molecule has 0 spiro atoms. The first-order valence-electron chi connectivity index (χ1n) is 9.91. The highest BCUT2D eigenvalue weighted by Gasteiger charge is 2.13. The van der Waals surface area contributed by atoms with Crippen molar-refractivity contribution in [2.45, 2.75) is 6.61 Å². The topological polar surface area (TPSA) is 76.2 Å². The monoisotopic (exact) mass is 562 g/mol. The van der Waals surface area contributed by atoms with Gasteiger partial charge in [-0.15, -0.1) is 0 Å². The Bertz CT molecular complexity index is 1420. The molecule has 0 aliphatic carbocycles. The van der Waals surface area contributed by atoms with Crippen LogP contribution in [-0.2, 0) is 6.61 Å². The molecule has 0 aliphatic rings. The number of rotatable bonds is 6. The lowest BCUT2D eigenvalue weighted by atomic mass is 10.0. The second-order valence-corrected chi connectivity index (χ2v) is 8.98. The molecule has 0 saturated heterocycles. The average Bonchev–Trinajstić information content (AvgIpc) is 2.82. The number of non-ortho nitro benzene ring substituents is 1. The number of nitro groups is 1. The first kappa shape index (κ1) is 22.7. The fraction of sp³-hybridized carbons (Fsp3) is 0.0385. The van der Waals surface area contributed by atoms with E-state index in [1.807, 2.05) is 36.4 Å². The highest BCUT2D eigenvalue weighted by molar-refractivity contribution is 9.11. The van der Waals surface area contributed by atoms with Crippen molar-refractivity contribution in [3.63, 3.8) is 0 Å². The van der Waals surface area contributed by atoms with Crippen LogP contribution >= 0.6 is 31.9 Å². The molecule has 0 fully saturated rings. The largest absolute Gasteiger partial charge is 0.487 e. The molecular weight excluding hydrogens is 548 g/mol. The number of halogens is 2. The van der Waals surface area contributed by atoms with Gasteiger partial charge in [0.1, 0.15) is 12.4 Å². The van der Waals surface area contributed by atoms with Gasteiger partial charge in [-0.3, -0.25) is 10.1 Å². The maximum Gasteiger partial charge on any atom is 0.269 e. The number of ether oxygens (including phenoxy) is 1. The molecule has 33 heavy (non-hydrogen) atoms. The van der Waals surface area contributed by atoms with Crippen LogP contribution < -0.4 is 4.74 Å². The van der Waals surface area contributed by atoms with Crippen molar-refractivity contribution in [2.24, 2.45) is 0 Å². The molecule has 0 aliphatic heterocycles. The fourth-order valence-corrected chi connectivity index (χ4v) is 4.88. The van der Waals surface area contributed by atoms with Gasteiger partial charge >= 0.3 is 0 Å². The van der Waals surface area contributed by atoms with Crippen molar-refractivity contribution in [3.05, 3.63) is 115 Å². The Morgan fingerprint density at radius 3 is 2.48 bits per heavy atom. The number of benzene rings is 4. The molecule has 0 atom stereocenters. The predicted octanol–water partition coefficient (Wildman–Crippen LogP) is 7.92. The number of hydrogen-bond acceptors (Lipinski definition) is 4. The van der Waals surface area contributed by atoms with Crippen molar-refractivity contribution in [2.75, 3.05) is 0 Å². The lowest BCUT2D eigenvalue weighted by Crippen LogP contribution is -1.99. The fourth-order valence-electron chi connectivity index (χ4n) is 3.51. The molecule has 0 heterocycles. The van der Waals surface area contributed by atoms with Crippen LogP contribution in [0.25, 0.3) is 22.4 Å². The highest BCUT2D eigenvalue weighted by atomic mass is 79.9. The minimum Gasteiger partial charge on any atom is -0.487 e. The molecule has 0 unspecified atom stereocenters. The number of hydrogen-bond donors (Lipinski definition) is 0. The van der Waals surface area contributed by atoms with Crippen molar-refractivity contribution in [1.82, 2.24) is 0 Å². The molecule has 4 aromatic carbocycles. The zero-order chi connectivity index (χ0) is 23.4. The maximum atomic E-state index is 10.9. The van der Waals surface area contributed by atoms with Gasteiger partial charge in [0.05, 0.1) is 21.0 Å². The van der Waals surface area contributed by atoms with Crippen molar-refractivity contribution < 1.29 is 9.66 Å². The van der Waals surface area contributed by atoms with E-state index in [0.29, 0.717) is 29.1 Å². The Morgan fingerprint density at radius 2 is 1.76 bits per heavy atom. The van der Waals surface area contributed by atoms with Crippen molar-refractivity contribution in [1.29, 1.82) is 5.26 Å². The molecule has 4 aromatic rings. The van der Waals surface area contributed by atoms with Gasteiger partial charge in [-0.05, 0) is 68.2 Å². The van der Waals surface area contributed by atoms with Gasteiger partial charge in [0.15, 0.2) is 0 Å². The second-order valence-electron chi connectivity index (χ2n) is 7.21. The van der Waals surface area contributed by atoms with E-state index in [-0.39, 0.29) is 5.69 Å². The molecule has 5 nitrogen and oxygen atoms in total. The predicted molar refractivity (Wildman–Crippen MR) is 137 cm³/mol. The maximum absolute atomic E-state index is 10.9. The lowest BCUT2D eigenvalue weighted by Gasteiger charge is -2.14. The van der Waals surface area contributed by atoms with Crippen LogP contribution in [0.3, 0.4) is 0 Å². The standard InChI is InChI=1S/C26H16Br2N2O3/c27-22-13-20(12-21(15-29)17-8-10-23(11-9-17)30(31)32)26(25(28)14-22)33-16-19-6-3-5-18-4-1-2-7-24(18)19/h1-14H,16H2/b21-12+. The number of allylic oxidation sites excluding steroid dienone is 1. The molecule has 0 aromatic heterocycles. The second kappa shape index (κ2) is 9.99. The van der Waals surface area contributed by atoms with Crippen LogP contribution in [0.5, 0.6) is 5.75 Å². The van der Waals surface area contributed by atoms with Gasteiger partial charge in [-0.2, -0.15) is 5.26 Å². The van der Waals surface area contributed by atoms with E-state index in [0.717, 1.165) is 25.3 Å². The molecule has 0 saturated carbocycles. The van der Waals surface area contributed by atoms with Crippen LogP contribution in [0.2, 0.25) is 0 Å². The van der Waals surface area contributed by atoms with E-state index in [9.17, 15) is 15.4 Å². The number of nitrogens with zero attached hydrogens (tertiary/aromatic N) is 2. The zero-order valence-electron chi connectivity index (χ0n) is 17.2.